The number of methoxy groups -OCH3 is 1. The molecule has 0 bridgehead atoms. The summed E-state index contributed by atoms with van der Waals surface area (Å²) in [5.41, 5.74) is 2.20. The van der Waals surface area contributed by atoms with E-state index in [-0.39, 0.29) is 104 Å². The number of rotatable bonds is 26. The molecule has 65 heavy (non-hydrogen) atoms. The van der Waals surface area contributed by atoms with E-state index in [1.165, 1.54) is 18.2 Å². The Bertz CT molecular complexity index is 2440. The van der Waals surface area contributed by atoms with Crippen molar-refractivity contribution in [3.63, 3.8) is 0 Å². The number of aliphatic hydroxyl groups excluding tert-OH is 1. The molecule has 2 aliphatic heterocycles. The Morgan fingerprint density at radius 1 is 0.800 bits per heavy atom. The summed E-state index contributed by atoms with van der Waals surface area (Å²) in [6, 6.07) is 11.6. The topological polar surface area (TPSA) is 248 Å². The third-order valence-electron chi connectivity index (χ3n) is 10.6. The number of fused-ring (bicyclic) bond motifs is 2. The third-order valence-corrected chi connectivity index (χ3v) is 13.0. The van der Waals surface area contributed by atoms with Gasteiger partial charge in [0.1, 0.15) is 34.8 Å². The number of allylic oxidation sites excluding steroid dienone is 3. The molecular weight excluding hydrogens is 927 g/mol. The summed E-state index contributed by atoms with van der Waals surface area (Å²) in [4.78, 5) is 1.37. The van der Waals surface area contributed by atoms with Gasteiger partial charge in [-0.05, 0) is 85.2 Å². The number of benzene rings is 2. The SMILES string of the molecule is COCCOCCOCCOCC[N+](CCCS(=O)(=O)[O-])=c1ccc2c(C(C)(C)C)cc(/C=C/C=C3/N(CCCS(=O)(=O)[O-])c4ccc(S(=O)(=O)[O-])cc4C3(C)CCCO)oc-2c1.[Na+].[Na+]. The Labute approximate surface area is 428 Å². The number of ether oxygens (including phenoxy) is 4. The van der Waals surface area contributed by atoms with Crippen molar-refractivity contribution in [1.29, 1.82) is 0 Å². The summed E-state index contributed by atoms with van der Waals surface area (Å²) in [7, 11) is -12.2. The van der Waals surface area contributed by atoms with Crippen LogP contribution in [0.4, 0.5) is 5.69 Å². The molecule has 4 rings (SSSR count). The van der Waals surface area contributed by atoms with Gasteiger partial charge in [-0.15, -0.1) is 0 Å². The number of nitrogens with zero attached hydrogens (tertiary/aromatic N) is 2. The van der Waals surface area contributed by atoms with E-state index in [1.54, 1.807) is 30.2 Å². The molecule has 1 N–H and O–H groups in total. The van der Waals surface area contributed by atoms with E-state index in [1.807, 2.05) is 35.8 Å². The molecular formula is C43H60N2Na2O15S3. The van der Waals surface area contributed by atoms with Crippen molar-refractivity contribution in [2.45, 2.75) is 69.1 Å². The molecule has 352 valence electrons. The van der Waals surface area contributed by atoms with Gasteiger partial charge >= 0.3 is 59.1 Å². The van der Waals surface area contributed by atoms with Crippen LogP contribution >= 0.6 is 0 Å². The Kier molecular flexibility index (Phi) is 24.8. The fraction of sp³-hybridized carbons (Fsp3) is 0.558. The Balaban J connectivity index is 0.00000726. The van der Waals surface area contributed by atoms with E-state index in [9.17, 15) is 44.0 Å². The van der Waals surface area contributed by atoms with E-state index in [0.717, 1.165) is 11.1 Å². The van der Waals surface area contributed by atoms with Crippen molar-refractivity contribution in [2.75, 3.05) is 96.0 Å². The summed E-state index contributed by atoms with van der Waals surface area (Å²) < 4.78 is 135. The van der Waals surface area contributed by atoms with Gasteiger partial charge in [-0.3, -0.25) is 0 Å². The van der Waals surface area contributed by atoms with Gasteiger partial charge in [0.25, 0.3) is 0 Å². The molecule has 0 saturated carbocycles. The van der Waals surface area contributed by atoms with E-state index in [0.29, 0.717) is 92.9 Å². The van der Waals surface area contributed by atoms with E-state index in [4.69, 9.17) is 23.4 Å². The molecule has 0 aromatic heterocycles. The fourth-order valence-electron chi connectivity index (χ4n) is 7.51. The first-order valence-corrected chi connectivity index (χ1v) is 25.3. The fourth-order valence-corrected chi connectivity index (χ4v) is 8.97. The average molecular weight is 987 g/mol. The van der Waals surface area contributed by atoms with Crippen LogP contribution in [0.2, 0.25) is 0 Å². The quantitative estimate of drug-likeness (QED) is 0.0375. The molecule has 0 amide bonds. The molecule has 1 aromatic carbocycles. The number of aliphatic hydroxyl groups is 1. The second-order valence-corrected chi connectivity index (χ2v) is 20.8. The van der Waals surface area contributed by atoms with Crippen LogP contribution in [0.1, 0.15) is 70.3 Å². The van der Waals surface area contributed by atoms with Crippen LogP contribution in [0, 0.1) is 0 Å². The van der Waals surface area contributed by atoms with Crippen molar-refractivity contribution in [3.8, 4) is 11.3 Å². The minimum absolute atomic E-state index is 0. The normalized spacial score (nSPS) is 16.8. The summed E-state index contributed by atoms with van der Waals surface area (Å²) in [6.45, 7) is 11.4. The first-order chi connectivity index (χ1) is 29.6. The molecule has 1 aromatic rings. The van der Waals surface area contributed by atoms with Gasteiger partial charge in [-0.2, -0.15) is 0 Å². The van der Waals surface area contributed by atoms with E-state index in [2.05, 4.69) is 20.8 Å². The van der Waals surface area contributed by atoms with Gasteiger partial charge in [0, 0.05) is 66.6 Å². The first-order valence-electron chi connectivity index (χ1n) is 20.7. The second-order valence-electron chi connectivity index (χ2n) is 16.4. The van der Waals surface area contributed by atoms with Gasteiger partial charge in [-0.25, -0.2) is 29.8 Å². The molecule has 22 heteroatoms. The van der Waals surface area contributed by atoms with Crippen molar-refractivity contribution < 1.29 is 126 Å². The summed E-state index contributed by atoms with van der Waals surface area (Å²) in [5, 5.41) is 10.6. The van der Waals surface area contributed by atoms with Crippen LogP contribution in [-0.4, -0.2) is 135 Å². The zero-order valence-electron chi connectivity index (χ0n) is 38.6. The van der Waals surface area contributed by atoms with E-state index >= 15 is 0 Å². The predicted molar refractivity (Wildman–Crippen MR) is 234 cm³/mol. The second kappa shape index (κ2) is 27.0. The molecule has 2 heterocycles. The van der Waals surface area contributed by atoms with Crippen molar-refractivity contribution in [1.82, 2.24) is 4.58 Å². The molecule has 0 radical (unpaired) electrons. The Morgan fingerprint density at radius 2 is 1.42 bits per heavy atom. The zero-order chi connectivity index (χ0) is 46.5. The monoisotopic (exact) mass is 986 g/mol. The van der Waals surface area contributed by atoms with Gasteiger partial charge in [0.15, 0.2) is 6.54 Å². The maximum absolute atomic E-state index is 12.1. The average Bonchev–Trinajstić information content (AvgIpc) is 3.42. The van der Waals surface area contributed by atoms with Crippen LogP contribution < -0.4 is 73.9 Å². The molecule has 0 fully saturated rings. The van der Waals surface area contributed by atoms with Gasteiger partial charge in [0.05, 0.1) is 70.8 Å². The van der Waals surface area contributed by atoms with Crippen LogP contribution in [0.5, 0.6) is 0 Å². The van der Waals surface area contributed by atoms with Crippen LogP contribution in [0.15, 0.2) is 69.6 Å². The maximum Gasteiger partial charge on any atom is 1.00 e. The minimum atomic E-state index is -4.83. The molecule has 0 spiro atoms. The van der Waals surface area contributed by atoms with Crippen LogP contribution in [0.3, 0.4) is 0 Å². The maximum atomic E-state index is 12.1. The third kappa shape index (κ3) is 18.7. The zero-order valence-corrected chi connectivity index (χ0v) is 45.0. The Morgan fingerprint density at radius 3 is 2.00 bits per heavy atom. The number of hydrogen-bond donors (Lipinski definition) is 1. The standard InChI is InChI=1S/C43H62N2O15S3.2Na/c1-42(2,3)37-31-34(10-6-11-41-43(4,16-7-20-46)38-32-35(63(53,54)55)13-15-39(38)45(41)18-9-29-62(50,51)52)60-40-30-33(12-14-36(37)40)44(17-8-28-61(47,48)49)19-21-57-24-25-59-27-26-58-23-22-56-5;;/h6,10-15,30-32,46H,7-9,16-29H2,1-5H3,(H2-,47,48,49,50,51,52,53,54,55);;/q;2*+1/p-2. The van der Waals surface area contributed by atoms with Crippen molar-refractivity contribution in [3.05, 3.63) is 82.6 Å². The molecule has 3 aliphatic rings. The molecule has 0 saturated heterocycles. The molecule has 17 nitrogen and oxygen atoms in total. The predicted octanol–water partition coefficient (Wildman–Crippen LogP) is -2.62. The Hall–Kier alpha value is -1.54. The number of hydrogen-bond acceptors (Lipinski definition) is 16. The van der Waals surface area contributed by atoms with E-state index < -0.39 is 52.2 Å². The smallest absolute Gasteiger partial charge is 0.748 e. The summed E-state index contributed by atoms with van der Waals surface area (Å²) in [5.74, 6) is -0.156. The van der Waals surface area contributed by atoms with Crippen molar-refractivity contribution in [2.24, 2.45) is 0 Å². The largest absolute Gasteiger partial charge is 1.00 e. The van der Waals surface area contributed by atoms with Gasteiger partial charge < -0.3 is 47.0 Å². The van der Waals surface area contributed by atoms with Gasteiger partial charge in [0.2, 0.25) is 5.36 Å². The molecule has 1 unspecified atom stereocenters. The molecule has 1 aliphatic carbocycles. The molecule has 1 atom stereocenters. The summed E-state index contributed by atoms with van der Waals surface area (Å²) >= 11 is 0. The minimum Gasteiger partial charge on any atom is -0.748 e. The van der Waals surface area contributed by atoms with Crippen LogP contribution in [-0.2, 0) is 60.1 Å². The van der Waals surface area contributed by atoms with Gasteiger partial charge in [-0.1, -0.05) is 26.8 Å². The number of anilines is 1. The summed E-state index contributed by atoms with van der Waals surface area (Å²) in [6.07, 6.45) is 6.00. The first kappa shape index (κ1) is 59.6. The van der Waals surface area contributed by atoms with Crippen LogP contribution in [0.25, 0.3) is 17.4 Å². The van der Waals surface area contributed by atoms with Crippen molar-refractivity contribution >= 4 is 42.1 Å².